The second-order valence-electron chi connectivity index (χ2n) is 5.84. The van der Waals surface area contributed by atoms with Gasteiger partial charge in [0.1, 0.15) is 10.5 Å². The molecule has 8 nitrogen and oxygen atoms in total. The van der Waals surface area contributed by atoms with Crippen molar-refractivity contribution in [1.29, 1.82) is 0 Å². The molecule has 2 aromatic carbocycles. The number of halogens is 1. The lowest BCUT2D eigenvalue weighted by Crippen LogP contribution is -2.51. The van der Waals surface area contributed by atoms with Gasteiger partial charge in [-0.05, 0) is 58.8 Å². The van der Waals surface area contributed by atoms with Gasteiger partial charge in [0.15, 0.2) is 5.75 Å². The van der Waals surface area contributed by atoms with E-state index in [1.54, 1.807) is 12.1 Å². The molecule has 10 heteroatoms. The van der Waals surface area contributed by atoms with Crippen LogP contribution in [0.1, 0.15) is 11.1 Å². The van der Waals surface area contributed by atoms with Gasteiger partial charge < -0.3 is 4.18 Å². The van der Waals surface area contributed by atoms with Crippen LogP contribution in [0.5, 0.6) is 5.75 Å². The molecule has 0 spiro atoms. The number of aryl methyl sites for hydroxylation is 1. The van der Waals surface area contributed by atoms with E-state index in [0.717, 1.165) is 5.56 Å². The van der Waals surface area contributed by atoms with Gasteiger partial charge in [-0.1, -0.05) is 23.8 Å². The summed E-state index contributed by atoms with van der Waals surface area (Å²) in [5.74, 6) is -1.62. The summed E-state index contributed by atoms with van der Waals surface area (Å²) in [4.78, 5) is 34.6. The number of benzene rings is 2. The highest BCUT2D eigenvalue weighted by molar-refractivity contribution is 9.10. The molecule has 1 aliphatic rings. The largest absolute Gasteiger partial charge is 0.378 e. The molecule has 0 bridgehead atoms. The molecular formula is C18H13BrN2O6S. The number of hydrogen-bond acceptors (Lipinski definition) is 6. The molecule has 3 rings (SSSR count). The molecule has 1 aliphatic heterocycles. The molecule has 1 fully saturated rings. The van der Waals surface area contributed by atoms with Crippen LogP contribution in [0, 0.1) is 6.92 Å². The highest BCUT2D eigenvalue weighted by Gasteiger charge is 2.27. The lowest BCUT2D eigenvalue weighted by molar-refractivity contribution is -0.123. The van der Waals surface area contributed by atoms with Crippen LogP contribution < -0.4 is 14.8 Å². The summed E-state index contributed by atoms with van der Waals surface area (Å²) >= 11 is 3.21. The number of hydrogen-bond donors (Lipinski definition) is 2. The van der Waals surface area contributed by atoms with Crippen LogP contribution in [-0.2, 0) is 19.7 Å². The maximum Gasteiger partial charge on any atom is 0.339 e. The zero-order chi connectivity index (χ0) is 20.5. The summed E-state index contributed by atoms with van der Waals surface area (Å²) in [5, 5.41) is 3.93. The molecule has 0 atom stereocenters. The van der Waals surface area contributed by atoms with E-state index in [2.05, 4.69) is 15.9 Å². The number of carbonyl (C=O) groups excluding carboxylic acids is 3. The van der Waals surface area contributed by atoms with Crippen LogP contribution in [-0.4, -0.2) is 26.3 Å². The van der Waals surface area contributed by atoms with Crippen molar-refractivity contribution in [3.63, 3.8) is 0 Å². The van der Waals surface area contributed by atoms with Crippen molar-refractivity contribution < 1.29 is 27.0 Å². The number of urea groups is 1. The predicted molar refractivity (Wildman–Crippen MR) is 103 cm³/mol. The van der Waals surface area contributed by atoms with E-state index in [-0.39, 0.29) is 16.2 Å². The van der Waals surface area contributed by atoms with Gasteiger partial charge in [-0.15, -0.1) is 0 Å². The fourth-order valence-corrected chi connectivity index (χ4v) is 3.85. The van der Waals surface area contributed by atoms with E-state index < -0.39 is 28.0 Å². The Kier molecular flexibility index (Phi) is 5.34. The molecular weight excluding hydrogens is 452 g/mol. The Balaban J connectivity index is 1.86. The SMILES string of the molecule is Cc1ccc(S(=O)(=O)Oc2ccc(C=C3C(=O)NC(=O)NC3=O)cc2Br)cc1. The van der Waals surface area contributed by atoms with Crippen molar-refractivity contribution in [3.05, 3.63) is 63.6 Å². The first kappa shape index (κ1) is 19.8. The summed E-state index contributed by atoms with van der Waals surface area (Å²) in [6.45, 7) is 1.84. The van der Waals surface area contributed by atoms with Gasteiger partial charge in [-0.2, -0.15) is 8.42 Å². The first-order valence-corrected chi connectivity index (χ1v) is 10.0. The summed E-state index contributed by atoms with van der Waals surface area (Å²) in [5.41, 5.74) is 1.07. The number of barbiturate groups is 1. The zero-order valence-electron chi connectivity index (χ0n) is 14.4. The molecule has 0 aromatic heterocycles. The van der Waals surface area contributed by atoms with E-state index in [9.17, 15) is 22.8 Å². The second-order valence-corrected chi connectivity index (χ2v) is 8.24. The number of amides is 4. The fourth-order valence-electron chi connectivity index (χ4n) is 2.32. The van der Waals surface area contributed by atoms with Gasteiger partial charge in [0.2, 0.25) is 0 Å². The van der Waals surface area contributed by atoms with E-state index in [0.29, 0.717) is 10.0 Å². The molecule has 1 saturated heterocycles. The maximum atomic E-state index is 12.4. The summed E-state index contributed by atoms with van der Waals surface area (Å²) in [7, 11) is -4.03. The lowest BCUT2D eigenvalue weighted by atomic mass is 10.1. The van der Waals surface area contributed by atoms with Crippen molar-refractivity contribution in [2.24, 2.45) is 0 Å². The Morgan fingerprint density at radius 2 is 1.57 bits per heavy atom. The third-order valence-corrected chi connectivity index (χ3v) is 5.59. The van der Waals surface area contributed by atoms with Crippen molar-refractivity contribution >= 4 is 50.0 Å². The molecule has 144 valence electrons. The minimum absolute atomic E-state index is 0.0106. The van der Waals surface area contributed by atoms with Crippen LogP contribution in [0.15, 0.2) is 57.4 Å². The monoisotopic (exact) mass is 464 g/mol. The molecule has 2 aromatic rings. The Morgan fingerprint density at radius 3 is 2.14 bits per heavy atom. The fraction of sp³-hybridized carbons (Fsp3) is 0.0556. The molecule has 1 heterocycles. The summed E-state index contributed by atoms with van der Waals surface area (Å²) in [6.07, 6.45) is 1.26. The van der Waals surface area contributed by atoms with Crippen LogP contribution >= 0.6 is 15.9 Å². The van der Waals surface area contributed by atoms with E-state index in [1.807, 2.05) is 17.6 Å². The van der Waals surface area contributed by atoms with Gasteiger partial charge in [-0.25, -0.2) is 4.79 Å². The number of rotatable bonds is 4. The predicted octanol–water partition coefficient (Wildman–Crippen LogP) is 2.27. The Labute approximate surface area is 168 Å². The number of nitrogens with one attached hydrogen (secondary N) is 2. The molecule has 0 radical (unpaired) electrons. The van der Waals surface area contributed by atoms with E-state index >= 15 is 0 Å². The van der Waals surface area contributed by atoms with Gasteiger partial charge in [-0.3, -0.25) is 20.2 Å². The van der Waals surface area contributed by atoms with E-state index in [4.69, 9.17) is 4.18 Å². The maximum absolute atomic E-state index is 12.4. The van der Waals surface area contributed by atoms with Gasteiger partial charge in [0.25, 0.3) is 11.8 Å². The van der Waals surface area contributed by atoms with Crippen LogP contribution in [0.25, 0.3) is 6.08 Å². The van der Waals surface area contributed by atoms with E-state index in [1.165, 1.54) is 36.4 Å². The Bertz CT molecular complexity index is 1100. The smallest absolute Gasteiger partial charge is 0.339 e. The van der Waals surface area contributed by atoms with Crippen LogP contribution in [0.2, 0.25) is 0 Å². The van der Waals surface area contributed by atoms with Gasteiger partial charge in [0, 0.05) is 0 Å². The molecule has 0 saturated carbocycles. The average Bonchev–Trinajstić information content (AvgIpc) is 2.60. The number of imide groups is 2. The highest BCUT2D eigenvalue weighted by atomic mass is 79.9. The van der Waals surface area contributed by atoms with Gasteiger partial charge in [0.05, 0.1) is 4.47 Å². The second kappa shape index (κ2) is 7.56. The molecule has 4 amide bonds. The van der Waals surface area contributed by atoms with Gasteiger partial charge >= 0.3 is 16.1 Å². The summed E-state index contributed by atoms with van der Waals surface area (Å²) < 4.78 is 30.2. The first-order valence-electron chi connectivity index (χ1n) is 7.85. The average molecular weight is 465 g/mol. The molecule has 0 unspecified atom stereocenters. The summed E-state index contributed by atoms with van der Waals surface area (Å²) in [6, 6.07) is 9.64. The van der Waals surface area contributed by atoms with Crippen LogP contribution in [0.3, 0.4) is 0 Å². The standard InChI is InChI=1S/C18H13BrN2O6S/c1-10-2-5-12(6-3-10)28(25,26)27-15-7-4-11(9-14(15)19)8-13-16(22)20-18(24)21-17(13)23/h2-9H,1H3,(H2,20,21,22,23,24). The number of carbonyl (C=O) groups is 3. The molecule has 0 aliphatic carbocycles. The molecule has 2 N–H and O–H groups in total. The lowest BCUT2D eigenvalue weighted by Gasteiger charge is -2.14. The van der Waals surface area contributed by atoms with Crippen molar-refractivity contribution in [2.75, 3.05) is 0 Å². The van der Waals surface area contributed by atoms with Crippen molar-refractivity contribution in [3.8, 4) is 5.75 Å². The third-order valence-electron chi connectivity index (χ3n) is 3.72. The topological polar surface area (TPSA) is 119 Å². The Morgan fingerprint density at radius 1 is 0.964 bits per heavy atom. The minimum atomic E-state index is -4.03. The quantitative estimate of drug-likeness (QED) is 0.406. The third kappa shape index (κ3) is 4.29. The minimum Gasteiger partial charge on any atom is -0.378 e. The normalized spacial score (nSPS) is 14.4. The van der Waals surface area contributed by atoms with Crippen LogP contribution in [0.4, 0.5) is 4.79 Å². The Hall–Kier alpha value is -2.98. The molecule has 28 heavy (non-hydrogen) atoms. The highest BCUT2D eigenvalue weighted by Crippen LogP contribution is 2.30. The van der Waals surface area contributed by atoms with Crippen molar-refractivity contribution in [2.45, 2.75) is 11.8 Å². The van der Waals surface area contributed by atoms with Crippen molar-refractivity contribution in [1.82, 2.24) is 10.6 Å². The first-order chi connectivity index (χ1) is 13.2. The zero-order valence-corrected chi connectivity index (χ0v) is 16.8.